The van der Waals surface area contributed by atoms with E-state index in [0.717, 1.165) is 0 Å². The second kappa shape index (κ2) is 4.20. The topological polar surface area (TPSA) is 72.2 Å². The minimum atomic E-state index is -1.21. The van der Waals surface area contributed by atoms with Crippen molar-refractivity contribution in [3.05, 3.63) is 46.0 Å². The lowest BCUT2D eigenvalue weighted by molar-refractivity contribution is -0.533. The summed E-state index contributed by atoms with van der Waals surface area (Å²) in [5.41, 5.74) is 0.427. The van der Waals surface area contributed by atoms with E-state index in [9.17, 15) is 14.9 Å². The Morgan fingerprint density at radius 3 is 2.46 bits per heavy atom. The standard InChI is InChI=1S/C8H7N2O3/c11-6-9-8(10(12)13)7-4-2-1-3-5-7/h1-5,8H,(H,9,11). The van der Waals surface area contributed by atoms with E-state index in [-0.39, 0.29) is 0 Å². The predicted octanol–water partition coefficient (Wildman–Crippen LogP) is 0.619. The molecule has 0 bridgehead atoms. The molecule has 5 nitrogen and oxygen atoms in total. The van der Waals surface area contributed by atoms with E-state index in [1.165, 1.54) is 6.41 Å². The van der Waals surface area contributed by atoms with Gasteiger partial charge in [0.2, 0.25) is 0 Å². The minimum Gasteiger partial charge on any atom is -0.282 e. The minimum absolute atomic E-state index is 0.427. The highest BCUT2D eigenvalue weighted by Gasteiger charge is 2.20. The number of nitrogens with one attached hydrogen (secondary N) is 1. The number of nitrogens with zero attached hydrogens (tertiary/aromatic N) is 1. The quantitative estimate of drug-likeness (QED) is 0.318. The Morgan fingerprint density at radius 2 is 2.00 bits per heavy atom. The van der Waals surface area contributed by atoms with Crippen molar-refractivity contribution >= 4 is 6.41 Å². The van der Waals surface area contributed by atoms with E-state index in [4.69, 9.17) is 0 Å². The van der Waals surface area contributed by atoms with Gasteiger partial charge < -0.3 is 0 Å². The van der Waals surface area contributed by atoms with Crippen LogP contribution >= 0.6 is 0 Å². The van der Waals surface area contributed by atoms with Crippen molar-refractivity contribution in [2.24, 2.45) is 0 Å². The van der Waals surface area contributed by atoms with Crippen LogP contribution in [0.3, 0.4) is 0 Å². The van der Waals surface area contributed by atoms with Crippen LogP contribution in [0.15, 0.2) is 30.3 Å². The molecule has 0 spiro atoms. The van der Waals surface area contributed by atoms with E-state index >= 15 is 0 Å². The van der Waals surface area contributed by atoms with E-state index in [2.05, 4.69) is 0 Å². The fourth-order valence-corrected chi connectivity index (χ4v) is 0.949. The molecular formula is C8H7N2O3. The Balaban J connectivity index is 2.88. The summed E-state index contributed by atoms with van der Waals surface area (Å²) in [5.74, 6) is 0. The third-order valence-electron chi connectivity index (χ3n) is 1.52. The second-order valence-corrected chi connectivity index (χ2v) is 2.34. The second-order valence-electron chi connectivity index (χ2n) is 2.34. The number of rotatable bonds is 4. The molecule has 0 saturated heterocycles. The Bertz CT molecular complexity index is 300. The lowest BCUT2D eigenvalue weighted by atomic mass is 10.2. The van der Waals surface area contributed by atoms with Crippen LogP contribution in [0.2, 0.25) is 0 Å². The van der Waals surface area contributed by atoms with Gasteiger partial charge in [-0.05, 0) is 0 Å². The van der Waals surface area contributed by atoms with E-state index in [1.807, 2.05) is 5.32 Å². The molecule has 0 saturated carbocycles. The van der Waals surface area contributed by atoms with Crippen LogP contribution in [0, 0.1) is 10.1 Å². The lowest BCUT2D eigenvalue weighted by Crippen LogP contribution is -2.26. The van der Waals surface area contributed by atoms with Gasteiger partial charge in [-0.15, -0.1) is 0 Å². The Kier molecular flexibility index (Phi) is 2.97. The van der Waals surface area contributed by atoms with Crippen molar-refractivity contribution < 1.29 is 9.72 Å². The fraction of sp³-hybridized carbons (Fsp3) is 0.125. The van der Waals surface area contributed by atoms with Crippen molar-refractivity contribution in [1.82, 2.24) is 5.32 Å². The van der Waals surface area contributed by atoms with Gasteiger partial charge in [0.1, 0.15) is 0 Å². The molecule has 1 rings (SSSR count). The number of nitro groups is 1. The number of amides is 1. The number of hydrogen-bond acceptors (Lipinski definition) is 3. The molecule has 1 unspecified atom stereocenters. The first kappa shape index (κ1) is 9.18. The molecular weight excluding hydrogens is 172 g/mol. The number of carbonyl (C=O) groups excluding carboxylic acids is 1. The van der Waals surface area contributed by atoms with Crippen LogP contribution in [0.5, 0.6) is 0 Å². The summed E-state index contributed by atoms with van der Waals surface area (Å²) in [6.45, 7) is 0. The Labute approximate surface area is 74.5 Å². The Morgan fingerprint density at radius 1 is 1.38 bits per heavy atom. The number of benzene rings is 1. The van der Waals surface area contributed by atoms with Crippen molar-refractivity contribution in [2.75, 3.05) is 0 Å². The van der Waals surface area contributed by atoms with Crippen LogP contribution in [0.25, 0.3) is 0 Å². The van der Waals surface area contributed by atoms with E-state index < -0.39 is 11.1 Å². The first-order valence-electron chi connectivity index (χ1n) is 3.57. The van der Waals surface area contributed by atoms with Crippen molar-refractivity contribution in [2.45, 2.75) is 6.17 Å². The first-order chi connectivity index (χ1) is 6.25. The van der Waals surface area contributed by atoms with Gasteiger partial charge in [-0.3, -0.25) is 20.2 Å². The molecule has 1 aromatic rings. The van der Waals surface area contributed by atoms with E-state index in [1.54, 1.807) is 30.3 Å². The normalized spacial score (nSPS) is 11.7. The molecule has 0 fully saturated rings. The predicted molar refractivity (Wildman–Crippen MR) is 45.0 cm³/mol. The molecule has 0 aliphatic heterocycles. The van der Waals surface area contributed by atoms with Gasteiger partial charge in [0.05, 0.1) is 4.92 Å². The molecule has 1 amide bonds. The molecule has 0 heterocycles. The molecule has 5 heteroatoms. The first-order valence-corrected chi connectivity index (χ1v) is 3.57. The zero-order valence-electron chi connectivity index (χ0n) is 6.64. The average Bonchev–Trinajstić information content (AvgIpc) is 2.15. The van der Waals surface area contributed by atoms with Crippen LogP contribution in [-0.4, -0.2) is 11.3 Å². The summed E-state index contributed by atoms with van der Waals surface area (Å²) < 4.78 is 0. The maximum Gasteiger partial charge on any atom is 0.314 e. The Hall–Kier alpha value is -1.91. The monoisotopic (exact) mass is 179 g/mol. The molecule has 0 aliphatic rings. The van der Waals surface area contributed by atoms with Crippen molar-refractivity contribution in [1.29, 1.82) is 0 Å². The largest absolute Gasteiger partial charge is 0.314 e. The molecule has 1 aromatic carbocycles. The molecule has 13 heavy (non-hydrogen) atoms. The van der Waals surface area contributed by atoms with Crippen molar-refractivity contribution in [3.63, 3.8) is 0 Å². The highest BCUT2D eigenvalue weighted by atomic mass is 16.6. The van der Waals surface area contributed by atoms with Gasteiger partial charge in [0.15, 0.2) is 0 Å². The fourth-order valence-electron chi connectivity index (χ4n) is 0.949. The molecule has 1 radical (unpaired) electrons. The molecule has 0 aromatic heterocycles. The van der Waals surface area contributed by atoms with E-state index in [0.29, 0.717) is 5.56 Å². The third-order valence-corrected chi connectivity index (χ3v) is 1.52. The average molecular weight is 179 g/mol. The zero-order valence-corrected chi connectivity index (χ0v) is 6.64. The maximum absolute atomic E-state index is 10.5. The molecule has 1 N–H and O–H groups in total. The molecule has 67 valence electrons. The smallest absolute Gasteiger partial charge is 0.282 e. The zero-order chi connectivity index (χ0) is 9.68. The van der Waals surface area contributed by atoms with Gasteiger partial charge in [-0.25, -0.2) is 0 Å². The van der Waals surface area contributed by atoms with Gasteiger partial charge in [-0.2, -0.15) is 0 Å². The molecule has 0 aliphatic carbocycles. The summed E-state index contributed by atoms with van der Waals surface area (Å²) in [6, 6.07) is 8.21. The third kappa shape index (κ3) is 2.26. The summed E-state index contributed by atoms with van der Waals surface area (Å²) in [4.78, 5) is 19.8. The van der Waals surface area contributed by atoms with Gasteiger partial charge in [-0.1, -0.05) is 30.3 Å². The van der Waals surface area contributed by atoms with Crippen molar-refractivity contribution in [3.8, 4) is 0 Å². The summed E-state index contributed by atoms with van der Waals surface area (Å²) in [7, 11) is 0. The highest BCUT2D eigenvalue weighted by molar-refractivity contribution is 5.48. The summed E-state index contributed by atoms with van der Waals surface area (Å²) in [5, 5.41) is 12.4. The van der Waals surface area contributed by atoms with Crippen LogP contribution in [-0.2, 0) is 4.79 Å². The van der Waals surface area contributed by atoms with Crippen LogP contribution < -0.4 is 5.32 Å². The maximum atomic E-state index is 10.5. The highest BCUT2D eigenvalue weighted by Crippen LogP contribution is 2.11. The van der Waals surface area contributed by atoms with Crippen LogP contribution in [0.1, 0.15) is 11.7 Å². The van der Waals surface area contributed by atoms with Gasteiger partial charge >= 0.3 is 12.6 Å². The molecule has 1 atom stereocenters. The summed E-state index contributed by atoms with van der Waals surface area (Å²) in [6.07, 6.45) is 0.0964. The number of hydrogen-bond donors (Lipinski definition) is 1. The summed E-state index contributed by atoms with van der Waals surface area (Å²) >= 11 is 0. The lowest BCUT2D eigenvalue weighted by Gasteiger charge is -2.06. The van der Waals surface area contributed by atoms with Gasteiger partial charge in [0.25, 0.3) is 0 Å². The van der Waals surface area contributed by atoms with Crippen LogP contribution in [0.4, 0.5) is 0 Å². The van der Waals surface area contributed by atoms with Gasteiger partial charge in [0, 0.05) is 5.56 Å². The SMILES string of the molecule is O=[C]NC(c1ccccc1)[N+](=O)[O-].